The van der Waals surface area contributed by atoms with Gasteiger partial charge < -0.3 is 20.9 Å². The molecule has 0 spiro atoms. The number of aromatic nitrogens is 4. The van der Waals surface area contributed by atoms with Crippen molar-refractivity contribution >= 4 is 22.5 Å². The van der Waals surface area contributed by atoms with Gasteiger partial charge in [-0.2, -0.15) is 5.10 Å². The summed E-state index contributed by atoms with van der Waals surface area (Å²) in [7, 11) is 0. The summed E-state index contributed by atoms with van der Waals surface area (Å²) < 4.78 is 41.7. The molecule has 1 unspecified atom stereocenters. The van der Waals surface area contributed by atoms with E-state index in [2.05, 4.69) is 25.1 Å². The molecule has 2 aromatic heterocycles. The molecule has 0 aliphatic carbocycles. The zero-order chi connectivity index (χ0) is 18.0. The predicted octanol–water partition coefficient (Wildman–Crippen LogP) is 1.75. The van der Waals surface area contributed by atoms with Gasteiger partial charge in [-0.15, -0.1) is 13.2 Å². The summed E-state index contributed by atoms with van der Waals surface area (Å²) in [6, 6.07) is 5.21. The van der Waals surface area contributed by atoms with Gasteiger partial charge in [0.15, 0.2) is 5.65 Å². The molecular weight excluding hydrogens is 341 g/mol. The summed E-state index contributed by atoms with van der Waals surface area (Å²) >= 11 is 0. The Labute approximate surface area is 139 Å². The van der Waals surface area contributed by atoms with Crippen LogP contribution in [0.4, 0.5) is 24.7 Å². The van der Waals surface area contributed by atoms with Crippen LogP contribution in [0.5, 0.6) is 5.75 Å². The molecule has 0 saturated carbocycles. The number of fused-ring (bicyclic) bond motifs is 1. The second-order valence-corrected chi connectivity index (χ2v) is 5.08. The minimum atomic E-state index is -4.74. The lowest BCUT2D eigenvalue weighted by Crippen LogP contribution is -2.25. The summed E-state index contributed by atoms with van der Waals surface area (Å²) in [6.45, 7) is 0.0826. The van der Waals surface area contributed by atoms with E-state index in [4.69, 9.17) is 5.73 Å². The van der Waals surface area contributed by atoms with Gasteiger partial charge in [0.1, 0.15) is 24.1 Å². The van der Waals surface area contributed by atoms with Crippen molar-refractivity contribution in [1.29, 1.82) is 0 Å². The lowest BCUT2D eigenvalue weighted by atomic mass is 10.3. The fourth-order valence-electron chi connectivity index (χ4n) is 2.15. The third-order valence-electron chi connectivity index (χ3n) is 3.09. The molecule has 0 aliphatic heterocycles. The van der Waals surface area contributed by atoms with Gasteiger partial charge in [-0.3, -0.25) is 4.68 Å². The van der Waals surface area contributed by atoms with Crippen LogP contribution >= 0.6 is 0 Å². The number of aliphatic hydroxyl groups is 1. The molecule has 0 bridgehead atoms. The number of nitrogens with two attached hydrogens (primary N) is 1. The second-order valence-electron chi connectivity index (χ2n) is 5.08. The van der Waals surface area contributed by atoms with Gasteiger partial charge in [-0.25, -0.2) is 9.97 Å². The number of nitrogens with zero attached hydrogens (tertiary/aromatic N) is 4. The molecule has 11 heteroatoms. The standard InChI is InChI=1S/C14H13F3N6O2/c15-14(16,17)25-9-3-1-8(2-4-9)21-12-10-5-23(6-11(18)24)22-13(10)20-7-19-12/h1-5,7,11,24H,6,18H2,(H,19,20,21,22). The number of ether oxygens (including phenoxy) is 1. The van der Waals surface area contributed by atoms with Crippen molar-refractivity contribution in [3.05, 3.63) is 36.8 Å². The monoisotopic (exact) mass is 354 g/mol. The van der Waals surface area contributed by atoms with Crippen molar-refractivity contribution < 1.29 is 23.0 Å². The van der Waals surface area contributed by atoms with E-state index >= 15 is 0 Å². The van der Waals surface area contributed by atoms with E-state index in [-0.39, 0.29) is 12.3 Å². The summed E-state index contributed by atoms with van der Waals surface area (Å²) in [5, 5.41) is 16.9. The topological polar surface area (TPSA) is 111 Å². The molecule has 132 valence electrons. The van der Waals surface area contributed by atoms with Crippen LogP contribution < -0.4 is 15.8 Å². The molecule has 0 fully saturated rings. The van der Waals surface area contributed by atoms with Crippen LogP contribution in [0.3, 0.4) is 0 Å². The van der Waals surface area contributed by atoms with Crippen LogP contribution in [-0.4, -0.2) is 37.4 Å². The summed E-state index contributed by atoms with van der Waals surface area (Å²) in [5.41, 5.74) is 6.20. The number of benzene rings is 1. The zero-order valence-corrected chi connectivity index (χ0v) is 12.6. The highest BCUT2D eigenvalue weighted by Gasteiger charge is 2.30. The number of anilines is 2. The maximum Gasteiger partial charge on any atom is 0.573 e. The Morgan fingerprint density at radius 2 is 1.96 bits per heavy atom. The normalized spacial score (nSPS) is 13.0. The van der Waals surface area contributed by atoms with Crippen molar-refractivity contribution in [2.24, 2.45) is 5.73 Å². The van der Waals surface area contributed by atoms with Crippen LogP contribution in [0.2, 0.25) is 0 Å². The molecule has 0 aliphatic rings. The van der Waals surface area contributed by atoms with E-state index in [1.807, 2.05) is 0 Å². The van der Waals surface area contributed by atoms with E-state index in [0.717, 1.165) is 0 Å². The van der Waals surface area contributed by atoms with Crippen molar-refractivity contribution in [3.63, 3.8) is 0 Å². The first kappa shape index (κ1) is 16.9. The highest BCUT2D eigenvalue weighted by atomic mass is 19.4. The first-order chi connectivity index (χ1) is 11.8. The average Bonchev–Trinajstić information content (AvgIpc) is 2.90. The molecule has 8 nitrogen and oxygen atoms in total. The molecule has 0 amide bonds. The zero-order valence-electron chi connectivity index (χ0n) is 12.6. The van der Waals surface area contributed by atoms with Crippen molar-refractivity contribution in [2.45, 2.75) is 19.1 Å². The number of hydrogen-bond acceptors (Lipinski definition) is 7. The van der Waals surface area contributed by atoms with Crippen LogP contribution in [-0.2, 0) is 6.54 Å². The lowest BCUT2D eigenvalue weighted by molar-refractivity contribution is -0.274. The first-order valence-corrected chi connectivity index (χ1v) is 7.05. The minimum absolute atomic E-state index is 0.0826. The number of aliphatic hydroxyl groups excluding tert-OH is 1. The van der Waals surface area contributed by atoms with Gasteiger partial charge in [-0.05, 0) is 24.3 Å². The maximum atomic E-state index is 12.2. The minimum Gasteiger partial charge on any atom is -0.406 e. The molecule has 3 rings (SSSR count). The Morgan fingerprint density at radius 3 is 2.60 bits per heavy atom. The van der Waals surface area contributed by atoms with Gasteiger partial charge >= 0.3 is 6.36 Å². The van der Waals surface area contributed by atoms with Gasteiger partial charge in [0, 0.05) is 11.9 Å². The van der Waals surface area contributed by atoms with E-state index in [9.17, 15) is 18.3 Å². The quantitative estimate of drug-likeness (QED) is 0.599. The Bertz CT molecular complexity index is 863. The Hall–Kier alpha value is -2.92. The van der Waals surface area contributed by atoms with Gasteiger partial charge in [0.2, 0.25) is 0 Å². The smallest absolute Gasteiger partial charge is 0.406 e. The van der Waals surface area contributed by atoms with Crippen molar-refractivity contribution in [3.8, 4) is 5.75 Å². The van der Waals surface area contributed by atoms with Crippen molar-refractivity contribution in [2.75, 3.05) is 5.32 Å². The number of halogens is 3. The van der Waals surface area contributed by atoms with Crippen LogP contribution in [0, 0.1) is 0 Å². The average molecular weight is 354 g/mol. The molecule has 3 aromatic rings. The Morgan fingerprint density at radius 1 is 1.24 bits per heavy atom. The highest BCUT2D eigenvalue weighted by molar-refractivity contribution is 5.87. The fourth-order valence-corrected chi connectivity index (χ4v) is 2.15. The Kier molecular flexibility index (Phi) is 4.42. The second kappa shape index (κ2) is 6.53. The van der Waals surface area contributed by atoms with Crippen LogP contribution in [0.25, 0.3) is 11.0 Å². The largest absolute Gasteiger partial charge is 0.573 e. The molecule has 4 N–H and O–H groups in total. The van der Waals surface area contributed by atoms with E-state index in [0.29, 0.717) is 22.5 Å². The van der Waals surface area contributed by atoms with Gasteiger partial charge in [0.05, 0.1) is 11.9 Å². The number of rotatable bonds is 5. The van der Waals surface area contributed by atoms with Gasteiger partial charge in [-0.1, -0.05) is 0 Å². The first-order valence-electron chi connectivity index (χ1n) is 7.05. The molecular formula is C14H13F3N6O2. The third kappa shape index (κ3) is 4.33. The van der Waals surface area contributed by atoms with Gasteiger partial charge in [0.25, 0.3) is 0 Å². The third-order valence-corrected chi connectivity index (χ3v) is 3.09. The summed E-state index contributed by atoms with van der Waals surface area (Å²) in [4.78, 5) is 8.11. The summed E-state index contributed by atoms with van der Waals surface area (Å²) in [5.74, 6) is 0.0860. The summed E-state index contributed by atoms with van der Waals surface area (Å²) in [6.07, 6.45) is -2.91. The van der Waals surface area contributed by atoms with E-state index in [1.165, 1.54) is 35.3 Å². The molecule has 0 radical (unpaired) electrons. The Balaban J connectivity index is 1.81. The van der Waals surface area contributed by atoms with Crippen molar-refractivity contribution in [1.82, 2.24) is 19.7 Å². The van der Waals surface area contributed by atoms with Crippen LogP contribution in [0.15, 0.2) is 36.8 Å². The maximum absolute atomic E-state index is 12.2. The highest BCUT2D eigenvalue weighted by Crippen LogP contribution is 2.26. The fraction of sp³-hybridized carbons (Fsp3) is 0.214. The molecule has 1 aromatic carbocycles. The van der Waals surface area contributed by atoms with Crippen LogP contribution in [0.1, 0.15) is 0 Å². The molecule has 1 atom stereocenters. The lowest BCUT2D eigenvalue weighted by Gasteiger charge is -2.10. The molecule has 2 heterocycles. The number of hydrogen-bond donors (Lipinski definition) is 3. The van der Waals surface area contributed by atoms with E-state index in [1.54, 1.807) is 6.20 Å². The number of alkyl halides is 3. The predicted molar refractivity (Wildman–Crippen MR) is 81.9 cm³/mol. The molecule has 25 heavy (non-hydrogen) atoms. The number of nitrogens with one attached hydrogen (secondary N) is 1. The SMILES string of the molecule is NC(O)Cn1cc2c(Nc3ccc(OC(F)(F)F)cc3)ncnc2n1. The molecule has 0 saturated heterocycles. The van der Waals surface area contributed by atoms with E-state index < -0.39 is 12.6 Å².